The van der Waals surface area contributed by atoms with Gasteiger partial charge in [0.05, 0.1) is 16.2 Å². The van der Waals surface area contributed by atoms with Crippen LogP contribution in [-0.4, -0.2) is 37.6 Å². The van der Waals surface area contributed by atoms with E-state index >= 15 is 0 Å². The van der Waals surface area contributed by atoms with Crippen LogP contribution in [0.1, 0.15) is 13.3 Å². The molecule has 1 heterocycles. The van der Waals surface area contributed by atoms with Crippen molar-refractivity contribution in [1.29, 1.82) is 0 Å². The molecule has 2 aromatic rings. The number of fused-ring (bicyclic) bond motifs is 1. The van der Waals surface area contributed by atoms with E-state index in [4.69, 9.17) is 28.9 Å². The molecule has 7 nitrogen and oxygen atoms in total. The summed E-state index contributed by atoms with van der Waals surface area (Å²) in [7, 11) is 0. The van der Waals surface area contributed by atoms with E-state index in [9.17, 15) is 4.79 Å². The Balaban J connectivity index is 1.61. The number of amides is 2. The Morgan fingerprint density at radius 2 is 1.93 bits per heavy atom. The van der Waals surface area contributed by atoms with E-state index in [1.165, 1.54) is 0 Å². The Morgan fingerprint density at radius 1 is 1.19 bits per heavy atom. The number of benzene rings is 2. The highest BCUT2D eigenvalue weighted by Crippen LogP contribution is 2.29. The average Bonchev–Trinajstić information content (AvgIpc) is 2.60. The summed E-state index contributed by atoms with van der Waals surface area (Å²) < 4.78 is 0. The van der Waals surface area contributed by atoms with Gasteiger partial charge in [-0.25, -0.2) is 4.79 Å². The predicted octanol–water partition coefficient (Wildman–Crippen LogP) is 2.40. The SMILES string of the molecule is CC1CC(NCCN)NC(NC(=O)Nc2ccc3cc(Cl)c(Cl)cc3c2)N1. The zero-order valence-electron chi connectivity index (χ0n) is 15.0. The van der Waals surface area contributed by atoms with Gasteiger partial charge in [-0.15, -0.1) is 0 Å². The van der Waals surface area contributed by atoms with Gasteiger partial charge in [-0.05, 0) is 48.4 Å². The lowest BCUT2D eigenvalue weighted by Gasteiger charge is -2.36. The highest BCUT2D eigenvalue weighted by Gasteiger charge is 2.25. The van der Waals surface area contributed by atoms with Crippen LogP contribution >= 0.6 is 23.2 Å². The van der Waals surface area contributed by atoms with Crippen molar-refractivity contribution in [3.63, 3.8) is 0 Å². The van der Waals surface area contributed by atoms with Crippen LogP contribution in [0.5, 0.6) is 0 Å². The number of nitrogens with one attached hydrogen (secondary N) is 5. The average molecular weight is 411 g/mol. The van der Waals surface area contributed by atoms with Gasteiger partial charge in [0.1, 0.15) is 6.29 Å². The summed E-state index contributed by atoms with van der Waals surface area (Å²) in [6.07, 6.45) is 0.633. The van der Waals surface area contributed by atoms with Crippen LogP contribution in [0.2, 0.25) is 10.0 Å². The second kappa shape index (κ2) is 9.05. The van der Waals surface area contributed by atoms with Crippen molar-refractivity contribution < 1.29 is 4.79 Å². The fraction of sp³-hybridized carbons (Fsp3) is 0.389. The normalized spacial score (nSPS) is 22.6. The van der Waals surface area contributed by atoms with E-state index in [2.05, 4.69) is 33.5 Å². The Morgan fingerprint density at radius 3 is 2.67 bits per heavy atom. The number of carbonyl (C=O) groups is 1. The highest BCUT2D eigenvalue weighted by atomic mass is 35.5. The quantitative estimate of drug-likeness (QED) is 0.454. The smallest absolute Gasteiger partial charge is 0.321 e. The molecule has 0 bridgehead atoms. The molecule has 1 saturated heterocycles. The molecule has 9 heteroatoms. The molecular formula is C18H24Cl2N6O. The molecule has 146 valence electrons. The van der Waals surface area contributed by atoms with Gasteiger partial charge in [0.2, 0.25) is 0 Å². The van der Waals surface area contributed by atoms with Crippen molar-refractivity contribution in [3.8, 4) is 0 Å². The molecule has 1 aliphatic rings. The lowest BCUT2D eigenvalue weighted by molar-refractivity contribution is 0.194. The molecule has 3 atom stereocenters. The van der Waals surface area contributed by atoms with E-state index < -0.39 is 0 Å². The molecule has 0 aromatic heterocycles. The number of urea groups is 1. The maximum atomic E-state index is 12.4. The predicted molar refractivity (Wildman–Crippen MR) is 111 cm³/mol. The minimum Gasteiger partial charge on any atom is -0.329 e. The summed E-state index contributed by atoms with van der Waals surface area (Å²) in [5.74, 6) is 0. The molecule has 7 N–H and O–H groups in total. The summed E-state index contributed by atoms with van der Waals surface area (Å²) in [5, 5.41) is 18.5. The van der Waals surface area contributed by atoms with Crippen molar-refractivity contribution in [2.24, 2.45) is 5.73 Å². The lowest BCUT2D eigenvalue weighted by Crippen LogP contribution is -2.68. The largest absolute Gasteiger partial charge is 0.329 e. The number of carbonyl (C=O) groups excluding carboxylic acids is 1. The Kier molecular flexibility index (Phi) is 6.75. The van der Waals surface area contributed by atoms with Gasteiger partial charge in [0.25, 0.3) is 0 Å². The highest BCUT2D eigenvalue weighted by molar-refractivity contribution is 6.42. The van der Waals surface area contributed by atoms with Gasteiger partial charge in [-0.2, -0.15) is 0 Å². The number of hydrogen-bond donors (Lipinski definition) is 6. The molecule has 27 heavy (non-hydrogen) atoms. The third-order valence-corrected chi connectivity index (χ3v) is 5.08. The van der Waals surface area contributed by atoms with Gasteiger partial charge in [-0.3, -0.25) is 10.6 Å². The van der Waals surface area contributed by atoms with Crippen LogP contribution in [-0.2, 0) is 0 Å². The number of halogens is 2. The number of hydrogen-bond acceptors (Lipinski definition) is 5. The van der Waals surface area contributed by atoms with Crippen molar-refractivity contribution in [1.82, 2.24) is 21.3 Å². The van der Waals surface area contributed by atoms with Gasteiger partial charge in [0.15, 0.2) is 0 Å². The molecule has 3 rings (SSSR count). The molecule has 0 spiro atoms. The molecule has 2 amide bonds. The summed E-state index contributed by atoms with van der Waals surface area (Å²) in [6.45, 7) is 3.35. The van der Waals surface area contributed by atoms with Crippen molar-refractivity contribution >= 4 is 45.7 Å². The zero-order chi connectivity index (χ0) is 19.4. The topological polar surface area (TPSA) is 103 Å². The molecule has 1 fully saturated rings. The Bertz CT molecular complexity index is 818. The van der Waals surface area contributed by atoms with Crippen LogP contribution in [0, 0.1) is 0 Å². The second-order valence-corrected chi connectivity index (χ2v) is 7.44. The van der Waals surface area contributed by atoms with E-state index in [0.717, 1.165) is 17.2 Å². The molecule has 0 saturated carbocycles. The van der Waals surface area contributed by atoms with Crippen LogP contribution in [0.15, 0.2) is 30.3 Å². The van der Waals surface area contributed by atoms with E-state index in [1.807, 2.05) is 18.2 Å². The van der Waals surface area contributed by atoms with E-state index in [1.54, 1.807) is 12.1 Å². The molecule has 2 aromatic carbocycles. The first kappa shape index (κ1) is 20.1. The third-order valence-electron chi connectivity index (χ3n) is 4.36. The van der Waals surface area contributed by atoms with Crippen molar-refractivity contribution in [3.05, 3.63) is 40.4 Å². The zero-order valence-corrected chi connectivity index (χ0v) is 16.5. The number of rotatable bonds is 5. The molecule has 3 unspecified atom stereocenters. The van der Waals surface area contributed by atoms with Gasteiger partial charge in [0, 0.05) is 24.8 Å². The fourth-order valence-corrected chi connectivity index (χ4v) is 3.47. The maximum absolute atomic E-state index is 12.4. The fourth-order valence-electron chi connectivity index (χ4n) is 3.12. The van der Waals surface area contributed by atoms with Crippen LogP contribution in [0.25, 0.3) is 10.8 Å². The maximum Gasteiger partial charge on any atom is 0.321 e. The summed E-state index contributed by atoms with van der Waals surface area (Å²) >= 11 is 12.1. The number of anilines is 1. The lowest BCUT2D eigenvalue weighted by atomic mass is 10.1. The Labute approximate surface area is 168 Å². The minimum atomic E-state index is -0.349. The summed E-state index contributed by atoms with van der Waals surface area (Å²) in [6, 6.07) is 9.08. The Hall–Kier alpha value is -1.61. The van der Waals surface area contributed by atoms with E-state index in [-0.39, 0.29) is 24.5 Å². The van der Waals surface area contributed by atoms with Gasteiger partial charge < -0.3 is 21.7 Å². The second-order valence-electron chi connectivity index (χ2n) is 6.63. The number of nitrogens with two attached hydrogens (primary N) is 1. The first-order chi connectivity index (χ1) is 12.9. The van der Waals surface area contributed by atoms with Crippen LogP contribution < -0.4 is 32.3 Å². The van der Waals surface area contributed by atoms with Crippen LogP contribution in [0.4, 0.5) is 10.5 Å². The molecular weight excluding hydrogens is 387 g/mol. The first-order valence-electron chi connectivity index (χ1n) is 8.86. The molecule has 0 aliphatic carbocycles. The monoisotopic (exact) mass is 410 g/mol. The van der Waals surface area contributed by atoms with E-state index in [0.29, 0.717) is 28.8 Å². The van der Waals surface area contributed by atoms with Crippen molar-refractivity contribution in [2.45, 2.75) is 31.8 Å². The third kappa shape index (κ3) is 5.44. The first-order valence-corrected chi connectivity index (χ1v) is 9.62. The molecule has 0 radical (unpaired) electrons. The van der Waals surface area contributed by atoms with Crippen LogP contribution in [0.3, 0.4) is 0 Å². The van der Waals surface area contributed by atoms with Crippen molar-refractivity contribution in [2.75, 3.05) is 18.4 Å². The van der Waals surface area contributed by atoms with Gasteiger partial charge >= 0.3 is 6.03 Å². The standard InChI is InChI=1S/C18H24Cl2N6O/c1-10-6-16(22-5-4-21)25-17(23-10)26-18(27)24-13-3-2-11-8-14(19)15(20)9-12(11)7-13/h2-3,7-10,16-17,22-23,25H,4-6,21H2,1H3,(H2,24,26,27). The summed E-state index contributed by atoms with van der Waals surface area (Å²) in [4.78, 5) is 12.4. The molecule has 1 aliphatic heterocycles. The summed E-state index contributed by atoms with van der Waals surface area (Å²) in [5.41, 5.74) is 6.20. The minimum absolute atomic E-state index is 0.0858. The van der Waals surface area contributed by atoms with Gasteiger partial charge in [-0.1, -0.05) is 29.3 Å².